The second-order valence-electron chi connectivity index (χ2n) is 2.63. The minimum Gasteiger partial charge on any atom is -0.465 e. The van der Waals surface area contributed by atoms with Crippen molar-refractivity contribution in [3.63, 3.8) is 0 Å². The first-order valence-electron chi connectivity index (χ1n) is 4.07. The highest BCUT2D eigenvalue weighted by atomic mass is 16.5. The Bertz CT molecular complexity index is 417. The number of carbonyl (C=O) groups excluding carboxylic acids is 2. The van der Waals surface area contributed by atoms with Gasteiger partial charge in [0, 0.05) is 5.56 Å². The summed E-state index contributed by atoms with van der Waals surface area (Å²) in [6.07, 6.45) is 1.52. The molecule has 0 bridgehead atoms. The first-order valence-corrected chi connectivity index (χ1v) is 4.07. The van der Waals surface area contributed by atoms with Gasteiger partial charge in [-0.15, -0.1) is 0 Å². The lowest BCUT2D eigenvalue weighted by atomic mass is 10.1. The number of methoxy groups -OCH3 is 1. The van der Waals surface area contributed by atoms with Gasteiger partial charge in [0.1, 0.15) is 0 Å². The van der Waals surface area contributed by atoms with E-state index in [0.717, 1.165) is 0 Å². The highest BCUT2D eigenvalue weighted by molar-refractivity contribution is 5.96. The van der Waals surface area contributed by atoms with Gasteiger partial charge in [-0.05, 0) is 24.3 Å². The molecule has 0 atom stereocenters. The highest BCUT2D eigenvalue weighted by Crippen LogP contribution is 2.05. The average molecular weight is 204 g/mol. The average Bonchev–Trinajstić information content (AvgIpc) is 2.28. The van der Waals surface area contributed by atoms with Crippen molar-refractivity contribution in [2.45, 2.75) is 0 Å². The largest absolute Gasteiger partial charge is 0.465 e. The summed E-state index contributed by atoms with van der Waals surface area (Å²) >= 11 is 0. The van der Waals surface area contributed by atoms with Gasteiger partial charge in [-0.2, -0.15) is 5.26 Å². The Balaban J connectivity index is 2.86. The maximum Gasteiger partial charge on any atom is 0.337 e. The van der Waals surface area contributed by atoms with E-state index in [9.17, 15) is 9.59 Å². The number of hydrogen-bond donors (Lipinski definition) is 1. The SMILES string of the molecule is COC(=O)c1ccc(C(=O)NC#N)cc1. The molecule has 0 fully saturated rings. The van der Waals surface area contributed by atoms with Gasteiger partial charge in [0.2, 0.25) is 0 Å². The molecule has 1 aromatic rings. The van der Waals surface area contributed by atoms with Crippen LogP contribution in [0.3, 0.4) is 0 Å². The van der Waals surface area contributed by atoms with E-state index < -0.39 is 11.9 Å². The number of hydrogen-bond acceptors (Lipinski definition) is 4. The van der Waals surface area contributed by atoms with Crippen LogP contribution in [0.1, 0.15) is 20.7 Å². The summed E-state index contributed by atoms with van der Waals surface area (Å²) in [5, 5.41) is 10.2. The molecule has 5 nitrogen and oxygen atoms in total. The number of nitrogens with zero attached hydrogens (tertiary/aromatic N) is 1. The molecule has 5 heteroatoms. The molecule has 0 heterocycles. The molecule has 0 unspecified atom stereocenters. The van der Waals surface area contributed by atoms with Gasteiger partial charge in [0.25, 0.3) is 5.91 Å². The van der Waals surface area contributed by atoms with Crippen LogP contribution in [0, 0.1) is 11.5 Å². The van der Waals surface area contributed by atoms with Gasteiger partial charge < -0.3 is 4.74 Å². The number of benzene rings is 1. The molecular weight excluding hydrogens is 196 g/mol. The van der Waals surface area contributed by atoms with Gasteiger partial charge in [-0.25, -0.2) is 4.79 Å². The summed E-state index contributed by atoms with van der Waals surface area (Å²) in [5.74, 6) is -0.976. The summed E-state index contributed by atoms with van der Waals surface area (Å²) < 4.78 is 4.49. The van der Waals surface area contributed by atoms with Crippen LogP contribution in [0.4, 0.5) is 0 Å². The summed E-state index contributed by atoms with van der Waals surface area (Å²) in [4.78, 5) is 22.2. The minimum absolute atomic E-state index is 0.309. The maximum atomic E-state index is 11.1. The fourth-order valence-electron chi connectivity index (χ4n) is 0.998. The normalized spacial score (nSPS) is 8.80. The fourth-order valence-corrected chi connectivity index (χ4v) is 0.998. The van der Waals surface area contributed by atoms with Crippen LogP contribution >= 0.6 is 0 Å². The van der Waals surface area contributed by atoms with Crippen LogP contribution in [0.2, 0.25) is 0 Å². The third-order valence-electron chi connectivity index (χ3n) is 1.74. The van der Waals surface area contributed by atoms with Crippen LogP contribution in [0.25, 0.3) is 0 Å². The summed E-state index contributed by atoms with van der Waals surface area (Å²) in [6.45, 7) is 0. The van der Waals surface area contributed by atoms with Crippen molar-refractivity contribution in [3.05, 3.63) is 35.4 Å². The van der Waals surface area contributed by atoms with Gasteiger partial charge >= 0.3 is 5.97 Å². The Hall–Kier alpha value is -2.35. The molecule has 1 aromatic carbocycles. The maximum absolute atomic E-state index is 11.1. The van der Waals surface area contributed by atoms with Gasteiger partial charge in [0.15, 0.2) is 6.19 Å². The van der Waals surface area contributed by atoms with E-state index in [1.165, 1.54) is 37.6 Å². The molecular formula is C10H8N2O3. The number of esters is 1. The molecule has 0 aliphatic heterocycles. The number of ether oxygens (including phenoxy) is 1. The third-order valence-corrected chi connectivity index (χ3v) is 1.74. The second kappa shape index (κ2) is 4.77. The second-order valence-corrected chi connectivity index (χ2v) is 2.63. The van der Waals surface area contributed by atoms with Crippen LogP contribution in [0.15, 0.2) is 24.3 Å². The van der Waals surface area contributed by atoms with Crippen LogP contribution < -0.4 is 5.32 Å². The molecule has 1 amide bonds. The molecule has 0 radical (unpaired) electrons. The van der Waals surface area contributed by atoms with Crippen molar-refractivity contribution >= 4 is 11.9 Å². The standard InChI is InChI=1S/C10H8N2O3/c1-15-10(14)8-4-2-7(3-5-8)9(13)12-6-11/h2-5H,1H3,(H,12,13). The zero-order valence-electron chi connectivity index (χ0n) is 7.98. The Kier molecular flexibility index (Phi) is 3.41. The minimum atomic E-state index is -0.506. The molecule has 1 rings (SSSR count). The topological polar surface area (TPSA) is 79.2 Å². The zero-order chi connectivity index (χ0) is 11.3. The van der Waals surface area contributed by atoms with E-state index in [1.807, 2.05) is 5.32 Å². The molecule has 1 N–H and O–H groups in total. The third kappa shape index (κ3) is 2.54. The van der Waals surface area contributed by atoms with Gasteiger partial charge in [-0.1, -0.05) is 0 Å². The summed E-state index contributed by atoms with van der Waals surface area (Å²) in [6, 6.07) is 5.80. The van der Waals surface area contributed by atoms with Gasteiger partial charge in [-0.3, -0.25) is 10.1 Å². The van der Waals surface area contributed by atoms with E-state index in [1.54, 1.807) is 0 Å². The number of nitrogens with one attached hydrogen (secondary N) is 1. The van der Waals surface area contributed by atoms with Crippen LogP contribution in [0.5, 0.6) is 0 Å². The number of carbonyl (C=O) groups is 2. The summed E-state index contributed by atoms with van der Waals surface area (Å²) in [5.41, 5.74) is 0.662. The van der Waals surface area contributed by atoms with Crippen molar-refractivity contribution < 1.29 is 14.3 Å². The fraction of sp³-hybridized carbons (Fsp3) is 0.100. The van der Waals surface area contributed by atoms with Crippen LogP contribution in [-0.2, 0) is 4.74 Å². The van der Waals surface area contributed by atoms with Gasteiger partial charge in [0.05, 0.1) is 12.7 Å². The number of rotatable bonds is 2. The van der Waals surface area contributed by atoms with Crippen molar-refractivity contribution in [1.82, 2.24) is 5.32 Å². The predicted molar refractivity (Wildman–Crippen MR) is 50.9 cm³/mol. The number of nitriles is 1. The van der Waals surface area contributed by atoms with Crippen molar-refractivity contribution in [3.8, 4) is 6.19 Å². The molecule has 0 spiro atoms. The Labute approximate surface area is 86.3 Å². The highest BCUT2D eigenvalue weighted by Gasteiger charge is 2.07. The molecule has 76 valence electrons. The Morgan fingerprint density at radius 2 is 1.80 bits per heavy atom. The van der Waals surface area contributed by atoms with E-state index in [0.29, 0.717) is 11.1 Å². The van der Waals surface area contributed by atoms with Crippen molar-refractivity contribution in [2.75, 3.05) is 7.11 Å². The Morgan fingerprint density at radius 1 is 1.27 bits per heavy atom. The monoisotopic (exact) mass is 204 g/mol. The van der Waals surface area contributed by atoms with E-state index in [-0.39, 0.29) is 0 Å². The lowest BCUT2D eigenvalue weighted by Gasteiger charge is -2.00. The molecule has 0 aliphatic carbocycles. The van der Waals surface area contributed by atoms with Crippen molar-refractivity contribution in [2.24, 2.45) is 0 Å². The quantitative estimate of drug-likeness (QED) is 0.436. The molecule has 0 aromatic heterocycles. The van der Waals surface area contributed by atoms with Crippen molar-refractivity contribution in [1.29, 1.82) is 5.26 Å². The lowest BCUT2D eigenvalue weighted by molar-refractivity contribution is 0.0600. The van der Waals surface area contributed by atoms with E-state index in [4.69, 9.17) is 5.26 Å². The van der Waals surface area contributed by atoms with E-state index >= 15 is 0 Å². The smallest absolute Gasteiger partial charge is 0.337 e. The first kappa shape index (κ1) is 10.7. The summed E-state index contributed by atoms with van der Waals surface area (Å²) in [7, 11) is 1.28. The van der Waals surface area contributed by atoms with Crippen LogP contribution in [-0.4, -0.2) is 19.0 Å². The Morgan fingerprint density at radius 3 is 2.27 bits per heavy atom. The predicted octanol–water partition coefficient (Wildman–Crippen LogP) is 0.684. The zero-order valence-corrected chi connectivity index (χ0v) is 7.98. The molecule has 15 heavy (non-hydrogen) atoms. The number of amides is 1. The lowest BCUT2D eigenvalue weighted by Crippen LogP contribution is -2.17. The van der Waals surface area contributed by atoms with E-state index in [2.05, 4.69) is 4.74 Å². The molecule has 0 saturated heterocycles. The molecule has 0 aliphatic rings. The molecule has 0 saturated carbocycles. The first-order chi connectivity index (χ1) is 7.19.